The number of carbonyl (C=O) groups is 1. The molecule has 0 spiro atoms. The predicted molar refractivity (Wildman–Crippen MR) is 110 cm³/mol. The summed E-state index contributed by atoms with van der Waals surface area (Å²) in [4.78, 5) is 10.9. The molecular weight excluding hydrogens is 332 g/mol. The highest BCUT2D eigenvalue weighted by Crippen LogP contribution is 2.45. The third-order valence-electron chi connectivity index (χ3n) is 5.60. The molecule has 0 aromatic heterocycles. The number of carbonyl (C=O) groups excluding carboxylic acids is 1. The zero-order valence-corrected chi connectivity index (χ0v) is 17.0. The summed E-state index contributed by atoms with van der Waals surface area (Å²) in [5.74, 6) is 6.29. The first kappa shape index (κ1) is 19.2. The summed E-state index contributed by atoms with van der Waals surface area (Å²) in [5.41, 5.74) is 6.30. The van der Waals surface area contributed by atoms with Crippen LogP contribution in [-0.4, -0.2) is 5.97 Å². The Balaban J connectivity index is 1.83. The van der Waals surface area contributed by atoms with E-state index in [1.807, 2.05) is 24.3 Å². The van der Waals surface area contributed by atoms with Crippen LogP contribution >= 0.6 is 0 Å². The van der Waals surface area contributed by atoms with Crippen LogP contribution in [0.25, 0.3) is 0 Å². The van der Waals surface area contributed by atoms with E-state index >= 15 is 0 Å². The van der Waals surface area contributed by atoms with Crippen LogP contribution in [-0.2, 0) is 27.0 Å². The van der Waals surface area contributed by atoms with E-state index in [0.717, 1.165) is 16.7 Å². The van der Waals surface area contributed by atoms with Crippen molar-refractivity contribution in [2.24, 2.45) is 0 Å². The number of ether oxygens (including phenoxy) is 1. The third kappa shape index (κ3) is 4.42. The van der Waals surface area contributed by atoms with Gasteiger partial charge in [-0.1, -0.05) is 57.7 Å². The first-order valence-corrected chi connectivity index (χ1v) is 9.57. The number of benzene rings is 2. The van der Waals surface area contributed by atoms with Crippen LogP contribution < -0.4 is 0 Å². The van der Waals surface area contributed by atoms with Crippen molar-refractivity contribution in [2.75, 3.05) is 0 Å². The highest BCUT2D eigenvalue weighted by atomic mass is 16.5. The molecule has 0 radical (unpaired) electrons. The molecular formula is C25H28O2. The number of hydrogen-bond donors (Lipinski definition) is 0. The quantitative estimate of drug-likeness (QED) is 0.522. The maximum absolute atomic E-state index is 10.9. The van der Waals surface area contributed by atoms with Gasteiger partial charge in [0.15, 0.2) is 0 Å². The lowest BCUT2D eigenvalue weighted by Crippen LogP contribution is -2.33. The van der Waals surface area contributed by atoms with Crippen molar-refractivity contribution in [2.45, 2.75) is 64.9 Å². The minimum absolute atomic E-state index is 0.195. The molecule has 0 saturated carbocycles. The van der Waals surface area contributed by atoms with Crippen molar-refractivity contribution in [1.82, 2.24) is 0 Å². The maximum Gasteiger partial charge on any atom is 0.302 e. The molecule has 0 bridgehead atoms. The molecule has 0 N–H and O–H groups in total. The van der Waals surface area contributed by atoms with E-state index in [0.29, 0.717) is 6.61 Å². The molecule has 1 aliphatic carbocycles. The highest BCUT2D eigenvalue weighted by Gasteiger charge is 2.36. The van der Waals surface area contributed by atoms with E-state index in [4.69, 9.17) is 4.74 Å². The molecule has 27 heavy (non-hydrogen) atoms. The summed E-state index contributed by atoms with van der Waals surface area (Å²) < 4.78 is 5.01. The number of fused-ring (bicyclic) bond motifs is 1. The van der Waals surface area contributed by atoms with Gasteiger partial charge in [-0.05, 0) is 64.6 Å². The summed E-state index contributed by atoms with van der Waals surface area (Å²) in [6.07, 6.45) is 2.42. The summed E-state index contributed by atoms with van der Waals surface area (Å²) in [6.45, 7) is 11.1. The second-order valence-corrected chi connectivity index (χ2v) is 8.76. The van der Waals surface area contributed by atoms with Gasteiger partial charge in [-0.15, -0.1) is 0 Å². The SMILES string of the molecule is CC(=O)OCc1ccc(C#Cc2ccc3c(c2)C(C)(C)CCC3(C)C)cc1. The van der Waals surface area contributed by atoms with Gasteiger partial charge in [-0.2, -0.15) is 0 Å². The minimum Gasteiger partial charge on any atom is -0.461 e. The maximum atomic E-state index is 10.9. The molecule has 0 amide bonds. The van der Waals surface area contributed by atoms with Crippen LogP contribution in [0.2, 0.25) is 0 Å². The molecule has 0 atom stereocenters. The fourth-order valence-electron chi connectivity index (χ4n) is 3.68. The number of esters is 1. The Bertz CT molecular complexity index is 906. The van der Waals surface area contributed by atoms with Gasteiger partial charge in [0.2, 0.25) is 0 Å². The van der Waals surface area contributed by atoms with E-state index in [1.54, 1.807) is 0 Å². The van der Waals surface area contributed by atoms with Crippen LogP contribution in [0.15, 0.2) is 42.5 Å². The van der Waals surface area contributed by atoms with Crippen LogP contribution in [0.1, 0.15) is 75.3 Å². The van der Waals surface area contributed by atoms with E-state index in [-0.39, 0.29) is 16.8 Å². The Hall–Kier alpha value is -2.53. The second-order valence-electron chi connectivity index (χ2n) is 8.76. The van der Waals surface area contributed by atoms with Crippen LogP contribution in [0.5, 0.6) is 0 Å². The lowest BCUT2D eigenvalue weighted by atomic mass is 9.63. The van der Waals surface area contributed by atoms with Crippen LogP contribution in [0.3, 0.4) is 0 Å². The van der Waals surface area contributed by atoms with E-state index < -0.39 is 0 Å². The van der Waals surface area contributed by atoms with Gasteiger partial charge in [0.25, 0.3) is 0 Å². The Morgan fingerprint density at radius 3 is 2.07 bits per heavy atom. The third-order valence-corrected chi connectivity index (χ3v) is 5.60. The van der Waals surface area contributed by atoms with Gasteiger partial charge in [0.05, 0.1) is 0 Å². The molecule has 2 nitrogen and oxygen atoms in total. The molecule has 3 rings (SSSR count). The Kier molecular flexibility index (Phi) is 5.16. The van der Waals surface area contributed by atoms with E-state index in [1.165, 1.54) is 30.9 Å². The topological polar surface area (TPSA) is 26.3 Å². The van der Waals surface area contributed by atoms with Gasteiger partial charge < -0.3 is 4.74 Å². The van der Waals surface area contributed by atoms with Gasteiger partial charge in [0.1, 0.15) is 6.61 Å². The number of rotatable bonds is 2. The Labute approximate surface area is 163 Å². The largest absolute Gasteiger partial charge is 0.461 e. The Morgan fingerprint density at radius 1 is 0.889 bits per heavy atom. The fourth-order valence-corrected chi connectivity index (χ4v) is 3.68. The standard InChI is InChI=1S/C25H28O2/c1-18(26)27-17-21-10-7-19(8-11-21)6-9-20-12-13-22-23(16-20)25(4,5)15-14-24(22,2)3/h7-8,10-13,16H,14-15,17H2,1-5H3. The molecule has 2 aromatic rings. The molecule has 0 unspecified atom stereocenters. The van der Waals surface area contributed by atoms with Gasteiger partial charge in [-0.3, -0.25) is 4.79 Å². The van der Waals surface area contributed by atoms with Crippen molar-refractivity contribution in [3.05, 3.63) is 70.3 Å². The number of hydrogen-bond acceptors (Lipinski definition) is 2. The molecule has 0 heterocycles. The summed E-state index contributed by atoms with van der Waals surface area (Å²) in [6, 6.07) is 14.5. The first-order chi connectivity index (χ1) is 12.7. The van der Waals surface area contributed by atoms with Crippen LogP contribution in [0.4, 0.5) is 0 Å². The van der Waals surface area contributed by atoms with Crippen molar-refractivity contribution >= 4 is 5.97 Å². The smallest absolute Gasteiger partial charge is 0.302 e. The van der Waals surface area contributed by atoms with Gasteiger partial charge in [0, 0.05) is 18.1 Å². The summed E-state index contributed by atoms with van der Waals surface area (Å²) in [5, 5.41) is 0. The Morgan fingerprint density at radius 2 is 1.44 bits per heavy atom. The molecule has 0 fully saturated rings. The average molecular weight is 360 g/mol. The monoisotopic (exact) mass is 360 g/mol. The molecule has 1 aliphatic rings. The lowest BCUT2D eigenvalue weighted by molar-refractivity contribution is -0.142. The highest BCUT2D eigenvalue weighted by molar-refractivity contribution is 5.65. The molecule has 2 heteroatoms. The van der Waals surface area contributed by atoms with Crippen LogP contribution in [0, 0.1) is 11.8 Å². The fraction of sp³-hybridized carbons (Fsp3) is 0.400. The summed E-state index contributed by atoms with van der Waals surface area (Å²) in [7, 11) is 0. The zero-order valence-electron chi connectivity index (χ0n) is 17.0. The second kappa shape index (κ2) is 7.24. The first-order valence-electron chi connectivity index (χ1n) is 9.57. The van der Waals surface area contributed by atoms with E-state index in [2.05, 4.69) is 57.7 Å². The predicted octanol–water partition coefficient (Wildman–Crippen LogP) is 5.50. The van der Waals surface area contributed by atoms with Crippen molar-refractivity contribution in [3.8, 4) is 11.8 Å². The van der Waals surface area contributed by atoms with Crippen molar-refractivity contribution in [1.29, 1.82) is 0 Å². The molecule has 140 valence electrons. The lowest BCUT2D eigenvalue weighted by Gasteiger charge is -2.41. The molecule has 0 saturated heterocycles. The minimum atomic E-state index is -0.266. The van der Waals surface area contributed by atoms with Gasteiger partial charge in [-0.25, -0.2) is 0 Å². The normalized spacial score (nSPS) is 16.6. The summed E-state index contributed by atoms with van der Waals surface area (Å²) >= 11 is 0. The molecule has 2 aromatic carbocycles. The van der Waals surface area contributed by atoms with Crippen molar-refractivity contribution in [3.63, 3.8) is 0 Å². The average Bonchev–Trinajstić information content (AvgIpc) is 2.63. The van der Waals surface area contributed by atoms with E-state index in [9.17, 15) is 4.79 Å². The van der Waals surface area contributed by atoms with Crippen molar-refractivity contribution < 1.29 is 9.53 Å². The molecule has 0 aliphatic heterocycles. The van der Waals surface area contributed by atoms with Gasteiger partial charge >= 0.3 is 5.97 Å². The zero-order chi connectivity index (χ0) is 19.7.